The number of nitrogens with one attached hydrogen (secondary N) is 2. The fraction of sp³-hybridized carbons (Fsp3) is 0.296. The van der Waals surface area contributed by atoms with Crippen LogP contribution in [-0.2, 0) is 9.59 Å². The van der Waals surface area contributed by atoms with Gasteiger partial charge in [0.25, 0.3) is 0 Å². The summed E-state index contributed by atoms with van der Waals surface area (Å²) in [7, 11) is 0. The van der Waals surface area contributed by atoms with E-state index in [0.29, 0.717) is 5.69 Å². The third-order valence-corrected chi connectivity index (χ3v) is 6.16. The van der Waals surface area contributed by atoms with E-state index in [2.05, 4.69) is 25.4 Å². The Morgan fingerprint density at radius 1 is 0.971 bits per heavy atom. The molecule has 0 unspecified atom stereocenters. The molecule has 1 aliphatic heterocycles. The molecule has 1 aromatic heterocycles. The van der Waals surface area contributed by atoms with Gasteiger partial charge in [-0.2, -0.15) is 0 Å². The zero-order chi connectivity index (χ0) is 24.8. The van der Waals surface area contributed by atoms with Crippen LogP contribution in [0, 0.1) is 19.7 Å². The second kappa shape index (κ2) is 11.1. The summed E-state index contributed by atoms with van der Waals surface area (Å²) in [6, 6.07) is 15.9. The molecule has 0 saturated carbocycles. The molecule has 7 nitrogen and oxygen atoms in total. The van der Waals surface area contributed by atoms with Gasteiger partial charge in [0.1, 0.15) is 5.82 Å². The minimum absolute atomic E-state index is 0.128. The van der Waals surface area contributed by atoms with Gasteiger partial charge < -0.3 is 15.5 Å². The molecule has 1 fully saturated rings. The van der Waals surface area contributed by atoms with Gasteiger partial charge in [-0.25, -0.2) is 4.39 Å². The molecule has 4 rings (SSSR count). The number of aryl methyl sites for hydroxylation is 2. The molecule has 0 radical (unpaired) electrons. The largest absolute Gasteiger partial charge is 0.369 e. The van der Waals surface area contributed by atoms with Crippen LogP contribution in [0.4, 0.5) is 15.8 Å². The Balaban J connectivity index is 1.39. The number of piperazine rings is 1. The number of hydrogen-bond acceptors (Lipinski definition) is 5. The van der Waals surface area contributed by atoms with Crippen LogP contribution in [0.5, 0.6) is 0 Å². The van der Waals surface area contributed by atoms with E-state index in [-0.39, 0.29) is 18.4 Å². The monoisotopic (exact) mass is 475 g/mol. The summed E-state index contributed by atoms with van der Waals surface area (Å²) < 4.78 is 13.3. The van der Waals surface area contributed by atoms with E-state index in [1.807, 2.05) is 44.2 Å². The van der Waals surface area contributed by atoms with Crippen molar-refractivity contribution in [1.29, 1.82) is 0 Å². The van der Waals surface area contributed by atoms with E-state index in [0.717, 1.165) is 48.6 Å². The first-order valence-corrected chi connectivity index (χ1v) is 11.7. The average Bonchev–Trinajstić information content (AvgIpc) is 2.85. The predicted molar refractivity (Wildman–Crippen MR) is 135 cm³/mol. The van der Waals surface area contributed by atoms with Gasteiger partial charge in [-0.3, -0.25) is 19.5 Å². The van der Waals surface area contributed by atoms with Gasteiger partial charge in [-0.15, -0.1) is 0 Å². The quantitative estimate of drug-likeness (QED) is 0.534. The molecule has 1 saturated heterocycles. The standard InChI is InChI=1S/C27H30FN5O2/c1-19-14-20(2)16-23(15-19)31-27(35)26(34)30-18-25(21-4-3-9-29-17-21)33-12-10-32(11-13-33)24-7-5-22(28)6-8-24/h3-9,14-17,25H,10-13,18H2,1-2H3,(H,30,34)(H,31,35)/t25-/m0/s1. The van der Waals surface area contributed by atoms with Crippen molar-refractivity contribution >= 4 is 23.2 Å². The molecule has 1 atom stereocenters. The summed E-state index contributed by atoms with van der Waals surface area (Å²) >= 11 is 0. The number of halogens is 1. The zero-order valence-electron chi connectivity index (χ0n) is 20.0. The number of pyridine rings is 1. The molecule has 2 N–H and O–H groups in total. The number of hydrogen-bond donors (Lipinski definition) is 2. The van der Waals surface area contributed by atoms with Crippen LogP contribution in [0.2, 0.25) is 0 Å². The SMILES string of the molecule is Cc1cc(C)cc(NC(=O)C(=O)NC[C@@H](c2cccnc2)N2CCN(c3ccc(F)cc3)CC2)c1. The van der Waals surface area contributed by atoms with Crippen molar-refractivity contribution in [2.45, 2.75) is 19.9 Å². The Morgan fingerprint density at radius 3 is 2.29 bits per heavy atom. The van der Waals surface area contributed by atoms with Gasteiger partial charge >= 0.3 is 11.8 Å². The lowest BCUT2D eigenvalue weighted by atomic mass is 10.1. The number of benzene rings is 2. The smallest absolute Gasteiger partial charge is 0.313 e. The van der Waals surface area contributed by atoms with Crippen molar-refractivity contribution < 1.29 is 14.0 Å². The van der Waals surface area contributed by atoms with E-state index in [1.165, 1.54) is 12.1 Å². The van der Waals surface area contributed by atoms with Gasteiger partial charge in [0.15, 0.2) is 0 Å². The molecule has 3 aromatic rings. The highest BCUT2D eigenvalue weighted by atomic mass is 19.1. The Kier molecular flexibility index (Phi) is 7.72. The van der Waals surface area contributed by atoms with Gasteiger partial charge in [0, 0.05) is 56.5 Å². The Hall–Kier alpha value is -3.78. The lowest BCUT2D eigenvalue weighted by Gasteiger charge is -2.40. The minimum atomic E-state index is -0.693. The van der Waals surface area contributed by atoms with Crippen molar-refractivity contribution in [3.63, 3.8) is 0 Å². The van der Waals surface area contributed by atoms with Crippen LogP contribution in [0.1, 0.15) is 22.7 Å². The average molecular weight is 476 g/mol. The highest BCUT2D eigenvalue weighted by molar-refractivity contribution is 6.39. The van der Waals surface area contributed by atoms with Crippen molar-refractivity contribution in [2.75, 3.05) is 42.9 Å². The van der Waals surface area contributed by atoms with E-state index >= 15 is 0 Å². The molecular formula is C27H30FN5O2. The summed E-state index contributed by atoms with van der Waals surface area (Å²) in [5, 5.41) is 5.49. The summed E-state index contributed by atoms with van der Waals surface area (Å²) in [5.74, 6) is -1.62. The third-order valence-electron chi connectivity index (χ3n) is 6.16. The van der Waals surface area contributed by atoms with Crippen molar-refractivity contribution in [3.8, 4) is 0 Å². The minimum Gasteiger partial charge on any atom is -0.369 e. The number of rotatable bonds is 6. The maximum absolute atomic E-state index is 13.3. The van der Waals surface area contributed by atoms with Gasteiger partial charge in [-0.05, 0) is 73.0 Å². The van der Waals surface area contributed by atoms with Crippen LogP contribution >= 0.6 is 0 Å². The molecule has 2 aromatic carbocycles. The van der Waals surface area contributed by atoms with Gasteiger partial charge in [-0.1, -0.05) is 12.1 Å². The van der Waals surface area contributed by atoms with Crippen molar-refractivity contribution in [3.05, 3.63) is 89.5 Å². The maximum Gasteiger partial charge on any atom is 0.313 e. The first-order valence-electron chi connectivity index (χ1n) is 11.7. The second-order valence-electron chi connectivity index (χ2n) is 8.84. The molecule has 35 heavy (non-hydrogen) atoms. The molecule has 2 amide bonds. The first kappa shape index (κ1) is 24.3. The van der Waals surface area contributed by atoms with Crippen LogP contribution < -0.4 is 15.5 Å². The van der Waals surface area contributed by atoms with Crippen molar-refractivity contribution in [2.24, 2.45) is 0 Å². The Morgan fingerprint density at radius 2 is 1.66 bits per heavy atom. The topological polar surface area (TPSA) is 77.6 Å². The molecule has 0 aliphatic carbocycles. The van der Waals surface area contributed by atoms with Crippen LogP contribution in [0.3, 0.4) is 0 Å². The third kappa shape index (κ3) is 6.42. The highest BCUT2D eigenvalue weighted by Gasteiger charge is 2.27. The molecule has 0 bridgehead atoms. The van der Waals surface area contributed by atoms with Crippen molar-refractivity contribution in [1.82, 2.24) is 15.2 Å². The lowest BCUT2D eigenvalue weighted by molar-refractivity contribution is -0.136. The number of carbonyl (C=O) groups excluding carboxylic acids is 2. The van der Waals surface area contributed by atoms with Crippen LogP contribution in [0.25, 0.3) is 0 Å². The van der Waals surface area contributed by atoms with Gasteiger partial charge in [0.05, 0.1) is 6.04 Å². The van der Waals surface area contributed by atoms with E-state index < -0.39 is 11.8 Å². The molecule has 0 spiro atoms. The Bertz CT molecular complexity index is 1140. The van der Waals surface area contributed by atoms with Crippen LogP contribution in [-0.4, -0.2) is 54.4 Å². The predicted octanol–water partition coefficient (Wildman–Crippen LogP) is 3.46. The van der Waals surface area contributed by atoms with E-state index in [1.54, 1.807) is 24.5 Å². The summed E-state index contributed by atoms with van der Waals surface area (Å²) in [5.41, 5.74) is 4.58. The van der Waals surface area contributed by atoms with E-state index in [4.69, 9.17) is 0 Å². The maximum atomic E-state index is 13.3. The van der Waals surface area contributed by atoms with Gasteiger partial charge in [0.2, 0.25) is 0 Å². The highest BCUT2D eigenvalue weighted by Crippen LogP contribution is 2.24. The summed E-state index contributed by atoms with van der Waals surface area (Å²) in [6.45, 7) is 7.20. The number of aromatic nitrogens is 1. The molecule has 8 heteroatoms. The summed E-state index contributed by atoms with van der Waals surface area (Å²) in [6.07, 6.45) is 3.50. The number of amides is 2. The fourth-order valence-corrected chi connectivity index (χ4v) is 4.48. The molecule has 182 valence electrons. The lowest BCUT2D eigenvalue weighted by Crippen LogP contribution is -2.50. The Labute approximate surface area is 205 Å². The second-order valence-corrected chi connectivity index (χ2v) is 8.84. The number of anilines is 2. The van der Waals surface area contributed by atoms with E-state index in [9.17, 15) is 14.0 Å². The summed E-state index contributed by atoms with van der Waals surface area (Å²) in [4.78, 5) is 33.8. The fourth-order valence-electron chi connectivity index (χ4n) is 4.48. The first-order chi connectivity index (χ1) is 16.9. The normalized spacial score (nSPS) is 14.9. The number of carbonyl (C=O) groups is 2. The molecule has 2 heterocycles. The number of nitrogens with zero attached hydrogens (tertiary/aromatic N) is 3. The molecular weight excluding hydrogens is 445 g/mol. The molecule has 1 aliphatic rings. The van der Waals surface area contributed by atoms with Crippen LogP contribution in [0.15, 0.2) is 67.0 Å². The zero-order valence-corrected chi connectivity index (χ0v) is 20.0.